The molecule has 4 rings (SSSR count). The van der Waals surface area contributed by atoms with Crippen molar-refractivity contribution in [3.05, 3.63) is 80.5 Å². The molecule has 0 amide bonds. The zero-order valence-corrected chi connectivity index (χ0v) is 29.6. The molecule has 234 valence electrons. The van der Waals surface area contributed by atoms with Crippen LogP contribution in [0.5, 0.6) is 17.2 Å². The van der Waals surface area contributed by atoms with Crippen molar-refractivity contribution < 1.29 is 33.3 Å². The Bertz CT molecular complexity index is 1770. The van der Waals surface area contributed by atoms with Crippen LogP contribution in [0, 0.1) is 3.57 Å². The van der Waals surface area contributed by atoms with Gasteiger partial charge in [0.2, 0.25) is 0 Å². The van der Waals surface area contributed by atoms with Crippen LogP contribution < -0.4 is 29.1 Å². The molecule has 0 N–H and O–H groups in total. The van der Waals surface area contributed by atoms with Crippen molar-refractivity contribution in [1.82, 2.24) is 4.57 Å². The predicted octanol–water partition coefficient (Wildman–Crippen LogP) is 4.90. The van der Waals surface area contributed by atoms with Gasteiger partial charge in [-0.15, -0.1) is 0 Å². The Kier molecular flexibility index (Phi) is 11.3. The Morgan fingerprint density at radius 3 is 2.50 bits per heavy atom. The van der Waals surface area contributed by atoms with Gasteiger partial charge in [-0.3, -0.25) is 9.36 Å². The van der Waals surface area contributed by atoms with Gasteiger partial charge in [0, 0.05) is 0 Å². The van der Waals surface area contributed by atoms with Crippen LogP contribution in [0.4, 0.5) is 0 Å². The molecule has 3 aromatic rings. The molecule has 13 heteroatoms. The standard InChI is InChI=1S/C31H32BrIN2O8S/c1-7-40-25(36)15-42-28-20(32)11-18(12-21(28)33)13-24-29(37)35-27(19-9-10-22(43-16(3)4)23(14-19)39-6)26(30(38)41-8-2)17(5)34-31(35)44-24/h9-14,16,27H,7-8,15H2,1-6H3/b24-13-/t27-/m0/s1. The number of allylic oxidation sites excluding steroid dienone is 1. The molecule has 1 aliphatic rings. The average molecular weight is 799 g/mol. The number of benzene rings is 2. The Morgan fingerprint density at radius 1 is 1.14 bits per heavy atom. The van der Waals surface area contributed by atoms with E-state index in [1.165, 1.54) is 23.0 Å². The fraction of sp³-hybridized carbons (Fsp3) is 0.355. The molecular weight excluding hydrogens is 767 g/mol. The summed E-state index contributed by atoms with van der Waals surface area (Å²) >= 11 is 6.84. The molecule has 2 aromatic carbocycles. The summed E-state index contributed by atoms with van der Waals surface area (Å²) in [4.78, 5) is 44.2. The molecule has 0 spiro atoms. The van der Waals surface area contributed by atoms with E-state index in [-0.39, 0.29) is 37.1 Å². The lowest BCUT2D eigenvalue weighted by Gasteiger charge is -2.25. The van der Waals surface area contributed by atoms with E-state index in [0.717, 1.165) is 9.13 Å². The summed E-state index contributed by atoms with van der Waals surface area (Å²) in [5, 5.41) is 0. The van der Waals surface area contributed by atoms with Crippen LogP contribution in [-0.2, 0) is 19.1 Å². The van der Waals surface area contributed by atoms with E-state index in [0.29, 0.717) is 42.3 Å². The van der Waals surface area contributed by atoms with Gasteiger partial charge in [0.25, 0.3) is 5.56 Å². The van der Waals surface area contributed by atoms with Crippen LogP contribution in [0.2, 0.25) is 0 Å². The quantitative estimate of drug-likeness (QED) is 0.199. The Balaban J connectivity index is 1.83. The molecule has 0 fully saturated rings. The minimum atomic E-state index is -0.806. The van der Waals surface area contributed by atoms with E-state index >= 15 is 0 Å². The highest BCUT2D eigenvalue weighted by molar-refractivity contribution is 14.1. The summed E-state index contributed by atoms with van der Waals surface area (Å²) in [6.45, 7) is 9.24. The van der Waals surface area contributed by atoms with Crippen LogP contribution in [0.25, 0.3) is 6.08 Å². The van der Waals surface area contributed by atoms with E-state index in [2.05, 4.69) is 43.5 Å². The number of carbonyl (C=O) groups excluding carboxylic acids is 2. The summed E-state index contributed by atoms with van der Waals surface area (Å²) in [6.07, 6.45) is 1.68. The largest absolute Gasteiger partial charge is 0.493 e. The van der Waals surface area contributed by atoms with Crippen molar-refractivity contribution in [3.63, 3.8) is 0 Å². The highest BCUT2D eigenvalue weighted by Crippen LogP contribution is 2.37. The van der Waals surface area contributed by atoms with Crippen molar-refractivity contribution in [1.29, 1.82) is 0 Å². The fourth-order valence-electron chi connectivity index (χ4n) is 4.60. The molecule has 0 saturated carbocycles. The lowest BCUT2D eigenvalue weighted by atomic mass is 9.95. The van der Waals surface area contributed by atoms with Crippen molar-refractivity contribution in [2.45, 2.75) is 46.8 Å². The number of esters is 2. The molecule has 1 atom stereocenters. The summed E-state index contributed by atoms with van der Waals surface area (Å²) in [5.41, 5.74) is 1.78. The van der Waals surface area contributed by atoms with Crippen molar-refractivity contribution >= 4 is 67.9 Å². The first-order chi connectivity index (χ1) is 21.0. The van der Waals surface area contributed by atoms with Crippen LogP contribution in [0.1, 0.15) is 51.8 Å². The lowest BCUT2D eigenvalue weighted by Crippen LogP contribution is -2.40. The van der Waals surface area contributed by atoms with E-state index in [1.54, 1.807) is 45.0 Å². The molecule has 1 aromatic heterocycles. The third-order valence-electron chi connectivity index (χ3n) is 6.34. The van der Waals surface area contributed by atoms with Gasteiger partial charge in [0.1, 0.15) is 5.75 Å². The molecule has 10 nitrogen and oxygen atoms in total. The molecule has 2 heterocycles. The fourth-order valence-corrected chi connectivity index (χ4v) is 7.41. The molecular formula is C31H32BrIN2O8S. The zero-order valence-electron chi connectivity index (χ0n) is 25.1. The Labute approximate surface area is 280 Å². The lowest BCUT2D eigenvalue weighted by molar-refractivity contribution is -0.145. The first kappa shape index (κ1) is 33.7. The maximum Gasteiger partial charge on any atom is 0.344 e. The number of hydrogen-bond donors (Lipinski definition) is 0. The molecule has 0 aliphatic carbocycles. The van der Waals surface area contributed by atoms with Gasteiger partial charge < -0.3 is 23.7 Å². The SMILES string of the molecule is CCOC(=O)COc1c(Br)cc(/C=c2\sc3n(c2=O)[C@@H](c2ccc(OC(C)C)c(OC)c2)C(C(=O)OCC)=C(C)N=3)cc1I. The highest BCUT2D eigenvalue weighted by Gasteiger charge is 2.34. The number of carbonyl (C=O) groups is 2. The van der Waals surface area contributed by atoms with Crippen molar-refractivity contribution in [2.24, 2.45) is 4.99 Å². The number of nitrogens with zero attached hydrogens (tertiary/aromatic N) is 2. The van der Waals surface area contributed by atoms with Gasteiger partial charge in [0.15, 0.2) is 22.9 Å². The second-order valence-electron chi connectivity index (χ2n) is 9.79. The molecule has 0 saturated heterocycles. The first-order valence-corrected chi connectivity index (χ1v) is 16.5. The normalized spacial score (nSPS) is 14.7. The molecule has 0 radical (unpaired) electrons. The van der Waals surface area contributed by atoms with E-state index in [1.807, 2.05) is 26.0 Å². The van der Waals surface area contributed by atoms with Crippen LogP contribution >= 0.6 is 49.9 Å². The number of halogens is 2. The molecule has 44 heavy (non-hydrogen) atoms. The van der Waals surface area contributed by atoms with E-state index in [4.69, 9.17) is 23.7 Å². The smallest absolute Gasteiger partial charge is 0.344 e. The maximum absolute atomic E-state index is 14.0. The minimum absolute atomic E-state index is 0.0778. The minimum Gasteiger partial charge on any atom is -0.493 e. The van der Waals surface area contributed by atoms with Gasteiger partial charge in [0.05, 0.1) is 56.3 Å². The second-order valence-corrected chi connectivity index (χ2v) is 12.8. The number of rotatable bonds is 11. The molecule has 0 unspecified atom stereocenters. The van der Waals surface area contributed by atoms with Crippen LogP contribution in [-0.4, -0.2) is 49.5 Å². The molecule has 1 aliphatic heterocycles. The third-order valence-corrected chi connectivity index (χ3v) is 8.71. The van der Waals surface area contributed by atoms with Crippen LogP contribution in [0.3, 0.4) is 0 Å². The number of thiazole rings is 1. The topological polar surface area (TPSA) is 115 Å². The first-order valence-electron chi connectivity index (χ1n) is 13.8. The molecule has 0 bridgehead atoms. The van der Waals surface area contributed by atoms with Gasteiger partial charge >= 0.3 is 11.9 Å². The summed E-state index contributed by atoms with van der Waals surface area (Å²) in [5.74, 6) is 0.497. The highest BCUT2D eigenvalue weighted by atomic mass is 127. The summed E-state index contributed by atoms with van der Waals surface area (Å²) < 4.78 is 30.8. The maximum atomic E-state index is 14.0. The van der Waals surface area contributed by atoms with Crippen molar-refractivity contribution in [3.8, 4) is 17.2 Å². The number of aromatic nitrogens is 1. The van der Waals surface area contributed by atoms with Crippen LogP contribution in [0.15, 0.2) is 55.9 Å². The Hall–Kier alpha value is -3.17. The summed E-state index contributed by atoms with van der Waals surface area (Å²) in [6, 6.07) is 8.19. The van der Waals surface area contributed by atoms with E-state index < -0.39 is 18.0 Å². The summed E-state index contributed by atoms with van der Waals surface area (Å²) in [7, 11) is 1.54. The number of ether oxygens (including phenoxy) is 5. The second kappa shape index (κ2) is 14.7. The van der Waals surface area contributed by atoms with Gasteiger partial charge in [-0.1, -0.05) is 17.4 Å². The third kappa shape index (κ3) is 7.37. The Morgan fingerprint density at radius 2 is 1.86 bits per heavy atom. The number of hydrogen-bond acceptors (Lipinski definition) is 10. The number of methoxy groups -OCH3 is 1. The average Bonchev–Trinajstić information content (AvgIpc) is 3.25. The van der Waals surface area contributed by atoms with Crippen molar-refractivity contribution in [2.75, 3.05) is 26.9 Å². The number of fused-ring (bicyclic) bond motifs is 1. The van der Waals surface area contributed by atoms with Gasteiger partial charge in [-0.05, 0) is 115 Å². The monoisotopic (exact) mass is 798 g/mol. The van der Waals surface area contributed by atoms with E-state index in [9.17, 15) is 14.4 Å². The van der Waals surface area contributed by atoms with Gasteiger partial charge in [-0.2, -0.15) is 0 Å². The zero-order chi connectivity index (χ0) is 32.1. The predicted molar refractivity (Wildman–Crippen MR) is 178 cm³/mol. The van der Waals surface area contributed by atoms with Gasteiger partial charge in [-0.25, -0.2) is 14.6 Å².